The third kappa shape index (κ3) is 8.28. The molecule has 1 aromatic heterocycles. The molecule has 3 heterocycles. The molecule has 0 saturated heterocycles. The van der Waals surface area contributed by atoms with Crippen LogP contribution < -0.4 is 14.4 Å². The van der Waals surface area contributed by atoms with E-state index in [2.05, 4.69) is 38.3 Å². The molecule has 0 spiro atoms. The molecule has 5 atom stereocenters. The Morgan fingerprint density at radius 2 is 2.00 bits per heavy atom. The Morgan fingerprint density at radius 3 is 2.74 bits per heavy atom. The van der Waals surface area contributed by atoms with Gasteiger partial charge in [-0.25, -0.2) is 4.21 Å². The van der Waals surface area contributed by atoms with Crippen molar-refractivity contribution in [1.29, 1.82) is 0 Å². The number of ether oxygens (including phenoxy) is 2. The molecule has 6 rings (SSSR count). The summed E-state index contributed by atoms with van der Waals surface area (Å²) in [5, 5.41) is 10.3. The van der Waals surface area contributed by atoms with Gasteiger partial charge in [-0.15, -0.1) is 4.36 Å². The second-order valence-electron chi connectivity index (χ2n) is 13.9. The maximum Gasteiger partial charge on any atom is 0.286 e. The number of anilines is 1. The molecular formula is C38H47ClN4O6S. The van der Waals surface area contributed by atoms with Crippen LogP contribution in [-0.4, -0.2) is 57.8 Å². The maximum absolute atomic E-state index is 14.5. The summed E-state index contributed by atoms with van der Waals surface area (Å²) in [5.74, 6) is -0.181. The van der Waals surface area contributed by atoms with E-state index in [0.29, 0.717) is 47.9 Å². The Balaban J connectivity index is 1.44. The number of amides is 2. The second-order valence-corrected chi connectivity index (χ2v) is 16.3. The molecule has 3 aromatic rings. The van der Waals surface area contributed by atoms with Crippen LogP contribution in [0.2, 0.25) is 5.02 Å². The summed E-state index contributed by atoms with van der Waals surface area (Å²) in [6, 6.07) is 12.9. The molecule has 1 fully saturated rings. The van der Waals surface area contributed by atoms with Gasteiger partial charge in [-0.05, 0) is 104 Å². The first-order chi connectivity index (χ1) is 24.1. The van der Waals surface area contributed by atoms with Crippen LogP contribution in [0.1, 0.15) is 76.6 Å². The predicted molar refractivity (Wildman–Crippen MR) is 196 cm³/mol. The molecule has 2 aliphatic heterocycles. The lowest BCUT2D eigenvalue weighted by molar-refractivity contribution is 0.0133. The number of hydrogen-bond acceptors (Lipinski definition) is 7. The number of methoxy groups -OCH3 is 1. The highest BCUT2D eigenvalue weighted by Gasteiger charge is 2.38. The lowest BCUT2D eigenvalue weighted by Gasteiger charge is -2.43. The molecule has 2 aromatic carbocycles. The summed E-state index contributed by atoms with van der Waals surface area (Å²) >= 11 is 6.46. The summed E-state index contributed by atoms with van der Waals surface area (Å²) in [6.07, 6.45) is 11.0. The van der Waals surface area contributed by atoms with Gasteiger partial charge in [0.1, 0.15) is 15.7 Å². The molecule has 3 aliphatic rings. The van der Waals surface area contributed by atoms with Crippen molar-refractivity contribution in [2.75, 3.05) is 30.9 Å². The normalized spacial score (nSPS) is 26.6. The minimum Gasteiger partial charge on any atom is -0.491 e. The smallest absolute Gasteiger partial charge is 0.286 e. The number of fused-ring (bicyclic) bond motifs is 3. The lowest BCUT2D eigenvalue weighted by Crippen LogP contribution is -2.43. The Kier molecular flexibility index (Phi) is 11.4. The number of nitrogens with one attached hydrogen (secondary N) is 1. The molecule has 50 heavy (non-hydrogen) atoms. The molecule has 10 nitrogen and oxygen atoms in total. The number of carbonyl (C=O) groups excluding carboxylic acids is 2. The van der Waals surface area contributed by atoms with Crippen molar-refractivity contribution in [2.24, 2.45) is 29.2 Å². The van der Waals surface area contributed by atoms with Gasteiger partial charge in [-0.1, -0.05) is 36.7 Å². The first kappa shape index (κ1) is 36.2. The van der Waals surface area contributed by atoms with Gasteiger partial charge >= 0.3 is 0 Å². The highest BCUT2D eigenvalue weighted by atomic mass is 35.5. The number of aryl methyl sites for hydroxylation is 2. The number of rotatable bonds is 4. The van der Waals surface area contributed by atoms with Crippen LogP contribution in [0.5, 0.6) is 5.75 Å². The average Bonchev–Trinajstić information content (AvgIpc) is 3.44. The Morgan fingerprint density at radius 1 is 1.16 bits per heavy atom. The van der Waals surface area contributed by atoms with E-state index in [1.165, 1.54) is 17.2 Å². The molecule has 268 valence electrons. The van der Waals surface area contributed by atoms with E-state index in [-0.39, 0.29) is 35.5 Å². The summed E-state index contributed by atoms with van der Waals surface area (Å²) in [7, 11) is -0.121. The van der Waals surface area contributed by atoms with Gasteiger partial charge < -0.3 is 24.0 Å². The summed E-state index contributed by atoms with van der Waals surface area (Å²) in [6.45, 7) is 3.51. The molecule has 2 bridgehead atoms. The minimum atomic E-state index is -3.58. The van der Waals surface area contributed by atoms with Crippen LogP contribution in [0.25, 0.3) is 0 Å². The fourth-order valence-electron chi connectivity index (χ4n) is 7.27. The standard InChI is InChI=1S/C38H47ClN4O6S/c1-25-7-6-9-35(48-3)33-14-11-29(33)22-43-21-28-10-13-31(39)17-26(28)8-4-5-16-49-36-15-12-27(19-34(36)43)37(45)40-50(47,24-25)41-38(46)30-18-32(23-44)42(2)20-30/h6,9-10,12-13,15,17-20,25,29,33,35,44H,4-5,7-8,11,14,16,21-24H2,1-3H3,(H,40,41,45,46,47)/b9-6+/t25-,29-,33+,35-,50?/m0/s1. The van der Waals surface area contributed by atoms with Crippen molar-refractivity contribution in [1.82, 2.24) is 9.29 Å². The third-order valence-corrected chi connectivity index (χ3v) is 12.4. The fourth-order valence-corrected chi connectivity index (χ4v) is 9.36. The fraction of sp³-hybridized carbons (Fsp3) is 0.474. The van der Waals surface area contributed by atoms with E-state index < -0.39 is 21.7 Å². The zero-order valence-corrected chi connectivity index (χ0v) is 30.5. The lowest BCUT2D eigenvalue weighted by atomic mass is 9.70. The highest BCUT2D eigenvalue weighted by Crippen LogP contribution is 2.42. The Labute approximate surface area is 300 Å². The van der Waals surface area contributed by atoms with Crippen molar-refractivity contribution in [3.8, 4) is 5.75 Å². The summed E-state index contributed by atoms with van der Waals surface area (Å²) in [4.78, 5) is 29.7. The maximum atomic E-state index is 14.5. The Bertz CT molecular complexity index is 1880. The van der Waals surface area contributed by atoms with Crippen LogP contribution in [0.15, 0.2) is 65.2 Å². The van der Waals surface area contributed by atoms with Crippen molar-refractivity contribution >= 4 is 39.0 Å². The van der Waals surface area contributed by atoms with Crippen LogP contribution in [0.4, 0.5) is 5.69 Å². The number of hydrogen-bond donors (Lipinski definition) is 2. The number of allylic oxidation sites excluding steroid dienone is 1. The second kappa shape index (κ2) is 15.7. The van der Waals surface area contributed by atoms with Crippen molar-refractivity contribution in [3.63, 3.8) is 0 Å². The first-order valence-electron chi connectivity index (χ1n) is 17.4. The quantitative estimate of drug-likeness (QED) is 0.296. The number of carbonyl (C=O) groups is 2. The molecule has 1 unspecified atom stereocenters. The van der Waals surface area contributed by atoms with Crippen molar-refractivity contribution < 1.29 is 28.4 Å². The van der Waals surface area contributed by atoms with E-state index in [0.717, 1.165) is 44.3 Å². The van der Waals surface area contributed by atoms with Crippen molar-refractivity contribution in [2.45, 2.75) is 64.7 Å². The number of aromatic nitrogens is 1. The van der Waals surface area contributed by atoms with E-state index >= 15 is 0 Å². The third-order valence-electron chi connectivity index (χ3n) is 10.2. The molecular weight excluding hydrogens is 676 g/mol. The molecule has 1 aliphatic carbocycles. The molecule has 0 radical (unpaired) electrons. The van der Waals surface area contributed by atoms with Crippen LogP contribution in [0.3, 0.4) is 0 Å². The van der Waals surface area contributed by atoms with Gasteiger partial charge in [-0.2, -0.15) is 0 Å². The van der Waals surface area contributed by atoms with Crippen molar-refractivity contribution in [3.05, 3.63) is 93.8 Å². The largest absolute Gasteiger partial charge is 0.491 e. The number of aliphatic hydroxyl groups excluding tert-OH is 1. The molecule has 2 amide bonds. The summed E-state index contributed by atoms with van der Waals surface area (Å²) in [5.41, 5.74) is 4.14. The van der Waals surface area contributed by atoms with E-state index in [1.54, 1.807) is 43.1 Å². The van der Waals surface area contributed by atoms with E-state index in [4.69, 9.17) is 21.1 Å². The van der Waals surface area contributed by atoms with E-state index in [1.807, 2.05) is 13.0 Å². The van der Waals surface area contributed by atoms with Crippen LogP contribution in [0, 0.1) is 17.8 Å². The highest BCUT2D eigenvalue weighted by molar-refractivity contribution is 7.92. The zero-order chi connectivity index (χ0) is 35.4. The van der Waals surface area contributed by atoms with Gasteiger partial charge in [0.15, 0.2) is 0 Å². The van der Waals surface area contributed by atoms with Crippen LogP contribution >= 0.6 is 11.6 Å². The van der Waals surface area contributed by atoms with Crippen LogP contribution in [-0.2, 0) is 41.3 Å². The van der Waals surface area contributed by atoms with Gasteiger partial charge in [0, 0.05) is 49.7 Å². The van der Waals surface area contributed by atoms with Gasteiger partial charge in [-0.3, -0.25) is 14.3 Å². The SMILES string of the molecule is CO[C@H]1/C=C/C[C@H](C)CS(=O)(NC(=O)c2cc(CO)n(C)c2)=NC(=O)c2ccc3c(c2)N(Cc2ccc(Cl)cc2CCCCO3)C[C@@H]2CC[C@H]21. The zero-order valence-electron chi connectivity index (χ0n) is 29.0. The van der Waals surface area contributed by atoms with E-state index in [9.17, 15) is 18.9 Å². The number of benzene rings is 2. The number of nitrogens with zero attached hydrogens (tertiary/aromatic N) is 3. The molecule has 2 N–H and O–H groups in total. The average molecular weight is 723 g/mol. The molecule has 1 saturated carbocycles. The number of halogens is 1. The summed E-state index contributed by atoms with van der Waals surface area (Å²) < 4.78 is 35.4. The minimum absolute atomic E-state index is 0.0300. The molecule has 12 heteroatoms. The Hall–Kier alpha value is -3.64. The predicted octanol–water partition coefficient (Wildman–Crippen LogP) is 6.48. The number of aliphatic hydroxyl groups is 1. The van der Waals surface area contributed by atoms with Gasteiger partial charge in [0.2, 0.25) is 0 Å². The van der Waals surface area contributed by atoms with Gasteiger partial charge in [0.05, 0.1) is 36.3 Å². The first-order valence-corrected chi connectivity index (χ1v) is 19.5. The van der Waals surface area contributed by atoms with Gasteiger partial charge in [0.25, 0.3) is 11.8 Å². The monoisotopic (exact) mass is 722 g/mol. The topological polar surface area (TPSA) is 122 Å².